The van der Waals surface area contributed by atoms with E-state index < -0.39 is 41.7 Å². The first-order valence-electron chi connectivity index (χ1n) is 20.9. The van der Waals surface area contributed by atoms with Crippen LogP contribution in [0.3, 0.4) is 0 Å². The van der Waals surface area contributed by atoms with E-state index in [9.17, 15) is 30.3 Å². The number of hydrogen-bond acceptors (Lipinski definition) is 13. The molecule has 1 saturated carbocycles. The Morgan fingerprint density at radius 3 is 2.56 bits per heavy atom. The van der Waals surface area contributed by atoms with E-state index in [1.54, 1.807) is 37.4 Å². The van der Waals surface area contributed by atoms with Gasteiger partial charge in [0.2, 0.25) is 5.75 Å². The number of anilines is 1. The molecule has 2 saturated heterocycles. The smallest absolute Gasteiger partial charge is 0.311 e. The Kier molecular flexibility index (Phi) is 12.9. The number of aliphatic carboxylic acids is 1. The van der Waals surface area contributed by atoms with Crippen LogP contribution in [0.15, 0.2) is 60.8 Å². The molecule has 0 unspecified atom stereocenters. The van der Waals surface area contributed by atoms with Gasteiger partial charge in [0.05, 0.1) is 37.4 Å². The van der Waals surface area contributed by atoms with Crippen LogP contribution in [0.2, 0.25) is 0 Å². The first-order valence-corrected chi connectivity index (χ1v) is 20.9. The topological polar surface area (TPSA) is 218 Å². The first kappa shape index (κ1) is 42.5. The largest absolute Gasteiger partial charge is 0.504 e. The van der Waals surface area contributed by atoms with Gasteiger partial charge < -0.3 is 55.5 Å². The summed E-state index contributed by atoms with van der Waals surface area (Å²) in [7, 11) is 1.47. The van der Waals surface area contributed by atoms with Gasteiger partial charge in [-0.3, -0.25) is 10.1 Å². The lowest BCUT2D eigenvalue weighted by atomic mass is 9.46. The number of aromatic nitrogens is 1. The van der Waals surface area contributed by atoms with Crippen LogP contribution in [0.4, 0.5) is 5.82 Å². The molecule has 9 atom stereocenters. The minimum Gasteiger partial charge on any atom is -0.504 e. The molecule has 2 spiro atoms. The number of carbonyl (C=O) groups is 1. The van der Waals surface area contributed by atoms with Crippen LogP contribution < -0.4 is 30.6 Å². The highest BCUT2D eigenvalue weighted by molar-refractivity contribution is 5.76. The maximum absolute atomic E-state index is 13.3. The highest BCUT2D eigenvalue weighted by atomic mass is 16.5. The number of aromatic hydroxyl groups is 2. The number of phenols is 2. The van der Waals surface area contributed by atoms with Crippen LogP contribution in [0.5, 0.6) is 28.7 Å². The van der Waals surface area contributed by atoms with Crippen molar-refractivity contribution in [1.29, 1.82) is 0 Å². The summed E-state index contributed by atoms with van der Waals surface area (Å²) in [4.78, 5) is 17.6. The number of piperidine rings is 1. The number of aliphatic hydroxyl groups is 2. The molecule has 3 aromatic rings. The molecule has 0 amide bonds. The van der Waals surface area contributed by atoms with Gasteiger partial charge in [-0.05, 0) is 111 Å². The third-order valence-electron chi connectivity index (χ3n) is 13.2. The van der Waals surface area contributed by atoms with Gasteiger partial charge in [0.1, 0.15) is 19.2 Å². The number of methoxy groups -OCH3 is 1. The van der Waals surface area contributed by atoms with Crippen molar-refractivity contribution in [3.05, 3.63) is 77.5 Å². The molecule has 3 heterocycles. The Bertz CT molecular complexity index is 1970. The fraction of sp³-hybridized carbons (Fsp3) is 0.556. The lowest BCUT2D eigenvalue weighted by Crippen LogP contribution is -2.68. The summed E-state index contributed by atoms with van der Waals surface area (Å²) in [5, 5.41) is 60.0. The van der Waals surface area contributed by atoms with E-state index in [4.69, 9.17) is 24.7 Å². The Morgan fingerprint density at radius 1 is 1.05 bits per heavy atom. The van der Waals surface area contributed by atoms with Gasteiger partial charge in [-0.15, -0.1) is 0 Å². The number of phenolic OH excluding ortho intramolecular Hbond substituents is 2. The molecule has 1 aromatic heterocycles. The number of pyridine rings is 1. The van der Waals surface area contributed by atoms with E-state index in [1.807, 2.05) is 30.4 Å². The van der Waals surface area contributed by atoms with Crippen LogP contribution in [-0.2, 0) is 16.0 Å². The molecule has 0 radical (unpaired) electrons. The number of ether oxygens (including phenoxy) is 4. The summed E-state index contributed by atoms with van der Waals surface area (Å²) in [6, 6.07) is 12.1. The summed E-state index contributed by atoms with van der Waals surface area (Å²) in [6.45, 7) is 4.37. The van der Waals surface area contributed by atoms with Crippen molar-refractivity contribution >= 4 is 11.8 Å². The SMILES string of the molecule is COc1cc([C@@H]2C[C@@H](O)C[C@H](CCc3ccc(O)c(OCNC[C@H](C)O)c3)O2)cc(OC[C@H]2N[C@@H](C)CC3(CCCC3)[C@]23[C@@H](C(=O)O)C=C[C@H]3c2ccnc(N)c2)c1O. The van der Waals surface area contributed by atoms with Gasteiger partial charge in [-0.2, -0.15) is 0 Å². The number of nitrogens with zero attached hydrogens (tertiary/aromatic N) is 1. The molecule has 2 aliphatic carbocycles. The Morgan fingerprint density at radius 2 is 1.83 bits per heavy atom. The van der Waals surface area contributed by atoms with E-state index in [0.717, 1.165) is 43.2 Å². The van der Waals surface area contributed by atoms with Gasteiger partial charge in [0.15, 0.2) is 23.0 Å². The van der Waals surface area contributed by atoms with E-state index in [0.29, 0.717) is 49.4 Å². The molecule has 7 rings (SSSR count). The lowest BCUT2D eigenvalue weighted by molar-refractivity contribution is -0.158. The highest BCUT2D eigenvalue weighted by Gasteiger charge is 2.68. The van der Waals surface area contributed by atoms with Crippen molar-refractivity contribution in [1.82, 2.24) is 15.6 Å². The summed E-state index contributed by atoms with van der Waals surface area (Å²) in [5.74, 6) is -1.04. The highest BCUT2D eigenvalue weighted by Crippen LogP contribution is 2.69. The molecule has 9 N–H and O–H groups in total. The number of carboxylic acids is 1. The maximum atomic E-state index is 13.3. The average molecular weight is 817 g/mol. The molecular weight excluding hydrogens is 757 g/mol. The van der Waals surface area contributed by atoms with Crippen molar-refractivity contribution in [3.8, 4) is 28.7 Å². The molecule has 3 fully saturated rings. The van der Waals surface area contributed by atoms with Crippen molar-refractivity contribution in [2.24, 2.45) is 16.7 Å². The molecule has 14 heteroatoms. The van der Waals surface area contributed by atoms with Crippen molar-refractivity contribution in [2.45, 2.75) is 114 Å². The number of nitrogens with one attached hydrogen (secondary N) is 2. The lowest BCUT2D eigenvalue weighted by Gasteiger charge is -2.61. The number of rotatable bonds is 15. The van der Waals surface area contributed by atoms with Gasteiger partial charge in [0.25, 0.3) is 0 Å². The zero-order valence-corrected chi connectivity index (χ0v) is 34.2. The average Bonchev–Trinajstić information content (AvgIpc) is 3.84. The quantitative estimate of drug-likeness (QED) is 0.0553. The number of fused-ring (bicyclic) bond motifs is 1. The Labute approximate surface area is 345 Å². The zero-order chi connectivity index (χ0) is 41.9. The number of nitrogens with two attached hydrogens (primary N) is 1. The second-order valence-corrected chi connectivity index (χ2v) is 17.1. The maximum Gasteiger partial charge on any atom is 0.311 e. The fourth-order valence-electron chi connectivity index (χ4n) is 10.9. The van der Waals surface area contributed by atoms with E-state index in [2.05, 4.69) is 22.5 Å². The van der Waals surface area contributed by atoms with Gasteiger partial charge >= 0.3 is 5.97 Å². The molecule has 2 aromatic carbocycles. The number of hydrogen-bond donors (Lipinski definition) is 8. The first-order chi connectivity index (χ1) is 28.3. The third-order valence-corrected chi connectivity index (χ3v) is 13.2. The monoisotopic (exact) mass is 816 g/mol. The second kappa shape index (κ2) is 17.9. The molecule has 14 nitrogen and oxygen atoms in total. The summed E-state index contributed by atoms with van der Waals surface area (Å²) >= 11 is 0. The van der Waals surface area contributed by atoms with Crippen LogP contribution in [0.1, 0.15) is 93.9 Å². The molecule has 59 heavy (non-hydrogen) atoms. The normalized spacial score (nSPS) is 29.1. The third kappa shape index (κ3) is 8.69. The number of allylic oxidation sites excluding steroid dienone is 1. The zero-order valence-electron chi connectivity index (χ0n) is 34.2. The molecule has 320 valence electrons. The molecule has 0 bridgehead atoms. The number of aryl methyl sites for hydroxylation is 1. The number of aliphatic hydroxyl groups excluding tert-OH is 2. The summed E-state index contributed by atoms with van der Waals surface area (Å²) < 4.78 is 24.6. The van der Waals surface area contributed by atoms with E-state index in [1.165, 1.54) is 7.11 Å². The number of nitrogen functional groups attached to an aromatic ring is 1. The van der Waals surface area contributed by atoms with Crippen molar-refractivity contribution in [2.75, 3.05) is 32.7 Å². The van der Waals surface area contributed by atoms with Crippen molar-refractivity contribution < 1.29 is 49.3 Å². The molecular formula is C45H60N4O10. The van der Waals surface area contributed by atoms with Crippen LogP contribution in [0.25, 0.3) is 0 Å². The van der Waals surface area contributed by atoms with Gasteiger partial charge in [0, 0.05) is 42.6 Å². The predicted octanol–water partition coefficient (Wildman–Crippen LogP) is 5.33. The standard InChI is InChI=1S/C45H60N4O10/c1-26-22-44(13-4-5-14-44)45(33(9-10-34(45)43(54)55)29-12-15-48-41(46)19-29)40(49-26)24-57-39-18-30(17-38(56-3)42(39)53)36-21-31(51)20-32(59-36)8-6-28-7-11-35(52)37(16-28)58-25-47-23-27(2)50/h7,9-12,15-19,26-27,31-34,36,40,47,49-53H,4-6,8,13-14,20-25H2,1-3H3,(H2,46,48)(H,54,55)/t26-,27-,31-,32-,33-,34+,36-,40+,45+/m0/s1. The minimum atomic E-state index is -0.882. The van der Waals surface area contributed by atoms with Crippen molar-refractivity contribution in [3.63, 3.8) is 0 Å². The Balaban J connectivity index is 1.12. The second-order valence-electron chi connectivity index (χ2n) is 17.1. The van der Waals surface area contributed by atoms with Crippen LogP contribution in [-0.4, -0.2) is 93.9 Å². The van der Waals surface area contributed by atoms with E-state index >= 15 is 0 Å². The Hall–Kier alpha value is -4.60. The molecule has 2 aliphatic heterocycles. The molecule has 4 aliphatic rings. The van der Waals surface area contributed by atoms with Gasteiger partial charge in [-0.1, -0.05) is 31.1 Å². The van der Waals surface area contributed by atoms with Crippen LogP contribution in [0, 0.1) is 16.7 Å². The summed E-state index contributed by atoms with van der Waals surface area (Å²) in [5.41, 5.74) is 7.62. The van der Waals surface area contributed by atoms with Crippen LogP contribution >= 0.6 is 0 Å². The van der Waals surface area contributed by atoms with E-state index in [-0.39, 0.29) is 59.8 Å². The minimum absolute atomic E-state index is 0.0126. The predicted molar refractivity (Wildman–Crippen MR) is 221 cm³/mol. The number of benzene rings is 2. The number of carboxylic acid groups (broad SMARTS) is 1. The fourth-order valence-corrected chi connectivity index (χ4v) is 10.9. The van der Waals surface area contributed by atoms with Gasteiger partial charge in [-0.25, -0.2) is 4.98 Å². The summed E-state index contributed by atoms with van der Waals surface area (Å²) in [6.07, 6.45) is 10.2.